The lowest BCUT2D eigenvalue weighted by atomic mass is 9.98. The number of esters is 2. The number of nitrogens with zero attached hydrogens (tertiary/aromatic N) is 3. The van der Waals surface area contributed by atoms with Crippen LogP contribution in [-0.4, -0.2) is 103 Å². The maximum Gasteiger partial charge on any atom is 0.363 e. The number of hydrogen-bond donors (Lipinski definition) is 3. The number of carbonyl (C=O) groups excluding carboxylic acids is 5. The number of oxime groups is 1. The van der Waals surface area contributed by atoms with Gasteiger partial charge in [0.2, 0.25) is 11.5 Å². The molecule has 3 amide bonds. The van der Waals surface area contributed by atoms with Crippen molar-refractivity contribution in [2.24, 2.45) is 5.16 Å². The maximum absolute atomic E-state index is 13.2. The van der Waals surface area contributed by atoms with E-state index in [1.54, 1.807) is 0 Å². The molecule has 16 nitrogen and oxygen atoms in total. The minimum Gasteiger partial charge on any atom is -0.467 e. The van der Waals surface area contributed by atoms with Crippen LogP contribution in [0.3, 0.4) is 0 Å². The number of nitrogens with one attached hydrogen (secondary N) is 2. The van der Waals surface area contributed by atoms with Crippen LogP contribution in [0.15, 0.2) is 10.5 Å². The number of alkyl halides is 1. The molecule has 41 heavy (non-hydrogen) atoms. The number of halogens is 1. The molecule has 1 fully saturated rings. The first-order valence-corrected chi connectivity index (χ1v) is 18.3. The Morgan fingerprint density at radius 1 is 1.27 bits per heavy atom. The molecule has 1 aliphatic heterocycles. The van der Waals surface area contributed by atoms with Crippen LogP contribution in [0.4, 0.5) is 5.13 Å². The summed E-state index contributed by atoms with van der Waals surface area (Å²) in [4.78, 5) is 71.5. The first kappa shape index (κ1) is 34.1. The lowest BCUT2D eigenvalue weighted by Gasteiger charge is -2.41. The highest BCUT2D eigenvalue weighted by Crippen LogP contribution is 2.25. The highest BCUT2D eigenvalue weighted by Gasteiger charge is 2.58. The molecule has 1 aromatic rings. The fourth-order valence-electron chi connectivity index (χ4n) is 3.04. The van der Waals surface area contributed by atoms with E-state index < -0.39 is 71.4 Å². The summed E-state index contributed by atoms with van der Waals surface area (Å²) >= 11 is 6.36. The molecule has 1 aliphatic rings. The Hall–Kier alpha value is -3.13. The molecule has 2 heterocycles. The summed E-state index contributed by atoms with van der Waals surface area (Å²) in [5, 5.41) is 9.57. The van der Waals surface area contributed by atoms with Gasteiger partial charge in [-0.2, -0.15) is 12.7 Å². The van der Waals surface area contributed by atoms with Crippen LogP contribution in [0.1, 0.15) is 19.5 Å². The third kappa shape index (κ3) is 8.92. The number of ether oxygens (including phenoxy) is 2. The summed E-state index contributed by atoms with van der Waals surface area (Å²) in [7, 11) is -5.76. The number of anilines is 1. The van der Waals surface area contributed by atoms with Crippen LogP contribution >= 0.6 is 22.9 Å². The van der Waals surface area contributed by atoms with Gasteiger partial charge in [-0.25, -0.2) is 14.6 Å². The van der Waals surface area contributed by atoms with Crippen LogP contribution in [0, 0.1) is 0 Å². The predicted octanol–water partition coefficient (Wildman–Crippen LogP) is 0.373. The van der Waals surface area contributed by atoms with Crippen molar-refractivity contribution in [3.63, 3.8) is 0 Å². The number of thiazole rings is 1. The van der Waals surface area contributed by atoms with E-state index in [1.165, 1.54) is 19.2 Å². The molecule has 1 saturated heterocycles. The zero-order valence-corrected chi connectivity index (χ0v) is 26.3. The first-order chi connectivity index (χ1) is 18.8. The molecule has 20 heteroatoms. The van der Waals surface area contributed by atoms with E-state index in [4.69, 9.17) is 21.2 Å². The Kier molecular flexibility index (Phi) is 11.0. The third-order valence-corrected chi connectivity index (χ3v) is 8.91. The van der Waals surface area contributed by atoms with Gasteiger partial charge in [-0.05, 0) is 19.9 Å². The molecule has 0 bridgehead atoms. The van der Waals surface area contributed by atoms with Gasteiger partial charge in [0.15, 0.2) is 16.9 Å². The van der Waals surface area contributed by atoms with Gasteiger partial charge in [0, 0.05) is 13.5 Å². The quantitative estimate of drug-likeness (QED) is 0.0499. The highest BCUT2D eigenvalue weighted by molar-refractivity contribution is 7.84. The monoisotopic (exact) mass is 655 g/mol. The molecule has 2 atom stereocenters. The Bertz CT molecular complexity index is 1340. The second-order valence-electron chi connectivity index (χ2n) is 10.2. The minimum absolute atomic E-state index is 0.0147. The van der Waals surface area contributed by atoms with E-state index in [-0.39, 0.29) is 27.6 Å². The second kappa shape index (κ2) is 13.2. The van der Waals surface area contributed by atoms with Crippen molar-refractivity contribution >= 4 is 81.8 Å². The number of carbonyl (C=O) groups is 5. The Balaban J connectivity index is 2.36. The number of rotatable bonds is 13. The van der Waals surface area contributed by atoms with Gasteiger partial charge in [-0.15, -0.1) is 22.9 Å². The van der Waals surface area contributed by atoms with Crippen LogP contribution in [0.25, 0.3) is 0 Å². The summed E-state index contributed by atoms with van der Waals surface area (Å²) in [6.07, 6.45) is 0. The van der Waals surface area contributed by atoms with Crippen LogP contribution in [0.2, 0.25) is 25.7 Å². The van der Waals surface area contributed by atoms with Gasteiger partial charge in [0.25, 0.3) is 11.8 Å². The zero-order valence-electron chi connectivity index (χ0n) is 22.9. The van der Waals surface area contributed by atoms with Crippen LogP contribution < -0.4 is 10.6 Å². The Morgan fingerprint density at radius 2 is 1.90 bits per heavy atom. The standard InChI is InChI=1S/C21H30ClN5O11S2Si/c1-21(2,19(32)37-7-8-41(4,5)6)38-26-13(11-10-39-20(23-11)24-12(28)9-22)16(29)25-14-15(18(31)36-3)27(17(14)30)40(33,34)35/h10,14-15H,7-9H2,1-6H3,(H,25,29)(H,23,24,28)(H,33,34,35)/b26-13+/t14-,15-/m1/s1. The SMILES string of the molecule is COC(=O)[C@H]1[C@@H](NC(=O)/C(=N/OC(C)(C)C(=O)OCC[Si](C)(C)C)c2csc(NC(=O)CCl)n2)C(=O)N1S(=O)(=O)O. The van der Waals surface area contributed by atoms with E-state index in [9.17, 15) is 36.9 Å². The molecular formula is C21H30ClN5O11S2Si. The van der Waals surface area contributed by atoms with E-state index in [2.05, 4.69) is 45.2 Å². The van der Waals surface area contributed by atoms with Gasteiger partial charge in [0.05, 0.1) is 13.7 Å². The molecule has 1 aromatic heterocycles. The zero-order chi connectivity index (χ0) is 31.3. The number of aromatic nitrogens is 1. The first-order valence-electron chi connectivity index (χ1n) is 11.8. The fraction of sp³-hybridized carbons (Fsp3) is 0.571. The van der Waals surface area contributed by atoms with E-state index in [1.807, 2.05) is 0 Å². The van der Waals surface area contributed by atoms with Crippen molar-refractivity contribution in [3.05, 3.63) is 11.1 Å². The summed E-state index contributed by atoms with van der Waals surface area (Å²) < 4.78 is 42.1. The molecule has 0 saturated carbocycles. The van der Waals surface area contributed by atoms with Crippen LogP contribution in [-0.2, 0) is 48.6 Å². The van der Waals surface area contributed by atoms with Crippen molar-refractivity contribution in [1.29, 1.82) is 0 Å². The molecule has 0 spiro atoms. The van der Waals surface area contributed by atoms with E-state index in [0.717, 1.165) is 18.4 Å². The molecule has 0 radical (unpaired) electrons. The summed E-state index contributed by atoms with van der Waals surface area (Å²) in [6.45, 7) is 9.12. The van der Waals surface area contributed by atoms with Crippen molar-refractivity contribution in [2.45, 2.75) is 57.2 Å². The topological polar surface area (TPSA) is 220 Å². The smallest absolute Gasteiger partial charge is 0.363 e. The summed E-state index contributed by atoms with van der Waals surface area (Å²) in [5.74, 6) is -5.52. The number of β-lactam (4-membered cyclic amide) rings is 1. The molecular weight excluding hydrogens is 626 g/mol. The van der Waals surface area contributed by atoms with E-state index in [0.29, 0.717) is 6.04 Å². The lowest BCUT2D eigenvalue weighted by Crippen LogP contribution is -2.74. The van der Waals surface area contributed by atoms with E-state index >= 15 is 0 Å². The van der Waals surface area contributed by atoms with Crippen molar-refractivity contribution in [1.82, 2.24) is 14.6 Å². The van der Waals surface area contributed by atoms with Crippen molar-refractivity contribution in [2.75, 3.05) is 24.9 Å². The Morgan fingerprint density at radius 3 is 2.44 bits per heavy atom. The molecule has 0 aromatic carbocycles. The molecule has 228 valence electrons. The third-order valence-electron chi connectivity index (χ3n) is 5.30. The predicted molar refractivity (Wildman–Crippen MR) is 148 cm³/mol. The summed E-state index contributed by atoms with van der Waals surface area (Å²) in [6, 6.07) is -3.00. The molecule has 3 N–H and O–H groups in total. The normalized spacial score (nSPS) is 17.8. The van der Waals surface area contributed by atoms with Gasteiger partial charge in [-0.1, -0.05) is 24.8 Å². The van der Waals surface area contributed by atoms with Gasteiger partial charge in [0.1, 0.15) is 17.6 Å². The van der Waals surface area contributed by atoms with Gasteiger partial charge >= 0.3 is 22.2 Å². The maximum atomic E-state index is 13.2. The average Bonchev–Trinajstić information content (AvgIpc) is 3.31. The van der Waals surface area contributed by atoms with Gasteiger partial charge < -0.3 is 24.9 Å². The minimum atomic E-state index is -5.16. The van der Waals surface area contributed by atoms with Gasteiger partial charge in [-0.3, -0.25) is 18.9 Å². The number of amides is 3. The molecule has 0 aliphatic carbocycles. The second-order valence-corrected chi connectivity index (χ2v) is 18.3. The van der Waals surface area contributed by atoms with Crippen molar-refractivity contribution in [3.8, 4) is 0 Å². The number of hydrogen-bond acceptors (Lipinski definition) is 13. The Labute approximate surface area is 245 Å². The van der Waals surface area contributed by atoms with Crippen LogP contribution in [0.5, 0.6) is 0 Å². The summed E-state index contributed by atoms with van der Waals surface area (Å²) in [5.41, 5.74) is -2.50. The number of methoxy groups -OCH3 is 1. The molecule has 0 unspecified atom stereocenters. The highest BCUT2D eigenvalue weighted by atomic mass is 35.5. The fourth-order valence-corrected chi connectivity index (χ4v) is 5.37. The van der Waals surface area contributed by atoms with Crippen molar-refractivity contribution < 1.29 is 51.3 Å². The largest absolute Gasteiger partial charge is 0.467 e. The average molecular weight is 656 g/mol. The lowest BCUT2D eigenvalue weighted by molar-refractivity contribution is -0.167. The molecule has 2 rings (SSSR count).